The van der Waals surface area contributed by atoms with Gasteiger partial charge in [0, 0.05) is 18.0 Å². The molecule has 156 valence electrons. The second-order valence-corrected chi connectivity index (χ2v) is 9.68. The van der Waals surface area contributed by atoms with Crippen LogP contribution in [0.3, 0.4) is 0 Å². The number of morpholine rings is 1. The van der Waals surface area contributed by atoms with Gasteiger partial charge in [-0.25, -0.2) is 8.42 Å². The Morgan fingerprint density at radius 2 is 1.69 bits per heavy atom. The quantitative estimate of drug-likeness (QED) is 0.728. The number of nitrogens with zero attached hydrogens (tertiary/aromatic N) is 1. The molecule has 0 saturated carbocycles. The van der Waals surface area contributed by atoms with Gasteiger partial charge in [0.1, 0.15) is 0 Å². The SMILES string of the molecule is CSc1ccc(S(=O)(=O)Nc2c(C)cc(C)cc2C)cc1C(=O)N1CCOCC1. The molecule has 0 atom stereocenters. The standard InChI is InChI=1S/C21H26N2O4S2/c1-14-11-15(2)20(16(3)12-14)22-29(25,26)17-5-6-19(28-4)18(13-17)21(24)23-7-9-27-10-8-23/h5-6,11-13,22H,7-10H2,1-4H3. The topological polar surface area (TPSA) is 75.7 Å². The number of amides is 1. The number of ether oxygens (including phenoxy) is 1. The first kappa shape index (κ1) is 21.7. The van der Waals surface area contributed by atoms with Crippen molar-refractivity contribution in [1.29, 1.82) is 0 Å². The van der Waals surface area contributed by atoms with Crippen molar-refractivity contribution in [1.82, 2.24) is 4.90 Å². The number of anilines is 1. The normalized spacial score (nSPS) is 14.7. The molecule has 3 rings (SSSR count). The molecule has 1 fully saturated rings. The number of sulfonamides is 1. The number of hydrogen-bond acceptors (Lipinski definition) is 5. The van der Waals surface area contributed by atoms with Crippen LogP contribution in [0.15, 0.2) is 40.1 Å². The lowest BCUT2D eigenvalue weighted by Crippen LogP contribution is -2.41. The van der Waals surface area contributed by atoms with Crippen molar-refractivity contribution in [3.8, 4) is 0 Å². The lowest BCUT2D eigenvalue weighted by molar-refractivity contribution is 0.0300. The summed E-state index contributed by atoms with van der Waals surface area (Å²) in [5.41, 5.74) is 3.77. The molecule has 8 heteroatoms. The van der Waals surface area contributed by atoms with Gasteiger partial charge in [0.15, 0.2) is 0 Å². The Balaban J connectivity index is 1.97. The van der Waals surface area contributed by atoms with E-state index in [4.69, 9.17) is 4.74 Å². The summed E-state index contributed by atoms with van der Waals surface area (Å²) in [4.78, 5) is 15.5. The summed E-state index contributed by atoms with van der Waals surface area (Å²) < 4.78 is 34.2. The lowest BCUT2D eigenvalue weighted by Gasteiger charge is -2.27. The van der Waals surface area contributed by atoms with Crippen LogP contribution in [-0.4, -0.2) is 51.8 Å². The maximum atomic E-state index is 13.1. The molecule has 2 aromatic rings. The summed E-state index contributed by atoms with van der Waals surface area (Å²) in [5.74, 6) is -0.169. The number of aryl methyl sites for hydroxylation is 3. The highest BCUT2D eigenvalue weighted by Crippen LogP contribution is 2.28. The molecule has 0 radical (unpaired) electrons. The Labute approximate surface area is 176 Å². The van der Waals surface area contributed by atoms with Crippen LogP contribution in [0.25, 0.3) is 0 Å². The maximum Gasteiger partial charge on any atom is 0.261 e. The summed E-state index contributed by atoms with van der Waals surface area (Å²) >= 11 is 1.42. The molecule has 1 aliphatic heterocycles. The lowest BCUT2D eigenvalue weighted by atomic mass is 10.1. The number of carbonyl (C=O) groups is 1. The van der Waals surface area contributed by atoms with Crippen molar-refractivity contribution < 1.29 is 17.9 Å². The Kier molecular flexibility index (Phi) is 6.55. The average molecular weight is 435 g/mol. The molecule has 1 heterocycles. The smallest absolute Gasteiger partial charge is 0.261 e. The average Bonchev–Trinajstić information content (AvgIpc) is 2.70. The van der Waals surface area contributed by atoms with Crippen LogP contribution in [-0.2, 0) is 14.8 Å². The van der Waals surface area contributed by atoms with Gasteiger partial charge >= 0.3 is 0 Å². The molecular weight excluding hydrogens is 408 g/mol. The Hall–Kier alpha value is -2.03. The Bertz CT molecular complexity index is 1010. The largest absolute Gasteiger partial charge is 0.378 e. The number of thioether (sulfide) groups is 1. The Morgan fingerprint density at radius 3 is 2.28 bits per heavy atom. The van der Waals surface area contributed by atoms with Crippen LogP contribution in [0.1, 0.15) is 27.0 Å². The minimum Gasteiger partial charge on any atom is -0.378 e. The monoisotopic (exact) mass is 434 g/mol. The van der Waals surface area contributed by atoms with Crippen LogP contribution < -0.4 is 4.72 Å². The highest BCUT2D eigenvalue weighted by atomic mass is 32.2. The molecule has 0 unspecified atom stereocenters. The van der Waals surface area contributed by atoms with Crippen LogP contribution in [0.2, 0.25) is 0 Å². The van der Waals surface area contributed by atoms with Crippen molar-refractivity contribution in [2.75, 3.05) is 37.3 Å². The van der Waals surface area contributed by atoms with Gasteiger partial charge in [-0.05, 0) is 56.4 Å². The van der Waals surface area contributed by atoms with Gasteiger partial charge in [-0.15, -0.1) is 11.8 Å². The molecule has 0 bridgehead atoms. The third-order valence-electron chi connectivity index (χ3n) is 4.92. The molecule has 1 aliphatic rings. The number of hydrogen-bond donors (Lipinski definition) is 1. The molecule has 2 aromatic carbocycles. The van der Waals surface area contributed by atoms with Gasteiger partial charge in [-0.2, -0.15) is 0 Å². The van der Waals surface area contributed by atoms with E-state index in [1.807, 2.05) is 39.2 Å². The first-order chi connectivity index (χ1) is 13.7. The summed E-state index contributed by atoms with van der Waals surface area (Å²) in [6.45, 7) is 7.72. The first-order valence-electron chi connectivity index (χ1n) is 9.38. The second kappa shape index (κ2) is 8.77. The third-order valence-corrected chi connectivity index (χ3v) is 7.07. The molecular formula is C21H26N2O4S2. The van der Waals surface area contributed by atoms with E-state index >= 15 is 0 Å². The number of benzene rings is 2. The van der Waals surface area contributed by atoms with Crippen molar-refractivity contribution in [2.24, 2.45) is 0 Å². The molecule has 1 N–H and O–H groups in total. The number of carbonyl (C=O) groups excluding carboxylic acids is 1. The minimum atomic E-state index is -3.84. The summed E-state index contributed by atoms with van der Waals surface area (Å²) in [6.07, 6.45) is 1.87. The molecule has 1 saturated heterocycles. The van der Waals surface area contributed by atoms with Crippen LogP contribution >= 0.6 is 11.8 Å². The highest BCUT2D eigenvalue weighted by molar-refractivity contribution is 7.98. The van der Waals surface area contributed by atoms with Gasteiger partial charge < -0.3 is 9.64 Å². The van der Waals surface area contributed by atoms with E-state index in [2.05, 4.69) is 4.72 Å². The van der Waals surface area contributed by atoms with Crippen LogP contribution in [0, 0.1) is 20.8 Å². The van der Waals surface area contributed by atoms with Crippen LogP contribution in [0.4, 0.5) is 5.69 Å². The van der Waals surface area contributed by atoms with Gasteiger partial charge in [-0.3, -0.25) is 9.52 Å². The molecule has 29 heavy (non-hydrogen) atoms. The van der Waals surface area contributed by atoms with Gasteiger partial charge in [-0.1, -0.05) is 17.7 Å². The van der Waals surface area contributed by atoms with E-state index in [0.717, 1.165) is 21.6 Å². The van der Waals surface area contributed by atoms with Crippen molar-refractivity contribution >= 4 is 33.4 Å². The molecule has 0 aromatic heterocycles. The fourth-order valence-electron chi connectivity index (χ4n) is 3.49. The van der Waals surface area contributed by atoms with Crippen molar-refractivity contribution in [3.05, 3.63) is 52.6 Å². The van der Waals surface area contributed by atoms with Gasteiger partial charge in [0.25, 0.3) is 15.9 Å². The highest BCUT2D eigenvalue weighted by Gasteiger charge is 2.24. The predicted molar refractivity (Wildman–Crippen MR) is 116 cm³/mol. The summed E-state index contributed by atoms with van der Waals surface area (Å²) in [7, 11) is -3.84. The fourth-order valence-corrected chi connectivity index (χ4v) is 5.29. The molecule has 6 nitrogen and oxygen atoms in total. The van der Waals surface area contributed by atoms with Gasteiger partial charge in [0.2, 0.25) is 0 Å². The third kappa shape index (κ3) is 4.76. The van der Waals surface area contributed by atoms with E-state index in [9.17, 15) is 13.2 Å². The number of nitrogens with one attached hydrogen (secondary N) is 1. The minimum absolute atomic E-state index is 0.0753. The zero-order chi connectivity index (χ0) is 21.2. The summed E-state index contributed by atoms with van der Waals surface area (Å²) in [5, 5.41) is 0. The van der Waals surface area contributed by atoms with E-state index in [0.29, 0.717) is 37.6 Å². The fraction of sp³-hybridized carbons (Fsp3) is 0.381. The zero-order valence-electron chi connectivity index (χ0n) is 17.1. The second-order valence-electron chi connectivity index (χ2n) is 7.15. The molecule has 0 aliphatic carbocycles. The maximum absolute atomic E-state index is 13.1. The van der Waals surface area contributed by atoms with Gasteiger partial charge in [0.05, 0.1) is 29.4 Å². The molecule has 1 amide bonds. The van der Waals surface area contributed by atoms with Crippen molar-refractivity contribution in [2.45, 2.75) is 30.6 Å². The zero-order valence-corrected chi connectivity index (χ0v) is 18.7. The summed E-state index contributed by atoms with van der Waals surface area (Å²) in [6, 6.07) is 8.60. The Morgan fingerprint density at radius 1 is 1.07 bits per heavy atom. The number of rotatable bonds is 5. The van der Waals surface area contributed by atoms with E-state index in [1.54, 1.807) is 17.0 Å². The van der Waals surface area contributed by atoms with E-state index in [-0.39, 0.29) is 10.8 Å². The predicted octanol–water partition coefficient (Wildman–Crippen LogP) is 3.61. The van der Waals surface area contributed by atoms with E-state index in [1.165, 1.54) is 17.8 Å². The first-order valence-corrected chi connectivity index (χ1v) is 12.1. The molecule has 0 spiro atoms. The van der Waals surface area contributed by atoms with Crippen LogP contribution in [0.5, 0.6) is 0 Å². The van der Waals surface area contributed by atoms with E-state index < -0.39 is 10.0 Å². The van der Waals surface area contributed by atoms with Crippen molar-refractivity contribution in [3.63, 3.8) is 0 Å².